The SMILES string of the molecule is CCCCCOc1ccc(-c2cc(-c3ccc(C(=O)NC4C[C@H](O)[C@@H](O)NC(=O)[C@H]5[C@H](O)[C@H](C)CN5C(=O)[C@@H]([C@@H](O)CC(N)=O)NC(=O)[C@@H](C(O)[C@@H](O)c5ccc(O)c(OS(=O)(=O)O)c5)NC(=O)[C@H]5C[C@H](O)CN5C(=O)[C@@H]([C@@H](C)O)NC4=O)cc3)no2)cc1. The molecule has 17 N–H and O–H groups in total. The minimum absolute atomic E-state index is 0.107. The topological polar surface area (TPSA) is 510 Å². The summed E-state index contributed by atoms with van der Waals surface area (Å²) in [6.45, 7) is 3.74. The quantitative estimate of drug-likeness (QED) is 0.0334. The van der Waals surface area contributed by atoms with Gasteiger partial charge in [-0.15, -0.1) is 0 Å². The molecule has 8 amide bonds. The van der Waals surface area contributed by atoms with Crippen molar-refractivity contribution in [1.82, 2.24) is 41.5 Å². The number of benzene rings is 3. The van der Waals surface area contributed by atoms with Crippen LogP contribution in [0.25, 0.3) is 22.6 Å². The van der Waals surface area contributed by atoms with E-state index in [0.717, 1.165) is 32.3 Å². The summed E-state index contributed by atoms with van der Waals surface area (Å²) in [7, 11) is -5.35. The predicted octanol–water partition coefficient (Wildman–Crippen LogP) is -3.90. The van der Waals surface area contributed by atoms with Crippen molar-refractivity contribution in [1.29, 1.82) is 0 Å². The first-order chi connectivity index (χ1) is 42.0. The van der Waals surface area contributed by atoms with Crippen molar-refractivity contribution in [2.45, 2.75) is 145 Å². The maximum Gasteiger partial charge on any atom is 0.446 e. The third-order valence-corrected chi connectivity index (χ3v) is 15.6. The molecule has 89 heavy (non-hydrogen) atoms. The zero-order valence-electron chi connectivity index (χ0n) is 48.1. The van der Waals surface area contributed by atoms with Crippen LogP contribution in [0.15, 0.2) is 77.3 Å². The van der Waals surface area contributed by atoms with E-state index < -0.39 is 198 Å². The standard InChI is InChI=1S/C56H71N9O23S/c1-4-5-6-17-86-32-14-11-28(12-15-32)39-21-33(63-87-39)27-7-9-29(10-8-27)49(75)58-34-20-38(70)52(78)62-54(80)45-46(72)25(2)23-65(45)56(82)43(37(69)22-41(57)71)60-53(79)44(48(74)47(73)30-13-16-36(68)40(18-30)88-89(83,84)85)61-51(77)35-19-31(67)24-64(35)55(81)42(26(3)66)59-50(34)76/h7-16,18,21,25-26,31,34-35,37-38,42-48,52,66-70,72-74,78H,4-6,17,19-20,22-24H2,1-3H3,(H2,57,71)(H,58,75)(H,59,76)(H,60,79)(H,61,77)(H,62,80)(H,83,84,85)/t25-,26-,31+,34?,35-,37+,38+,42-,43-,44-,45-,46-,47+,48?,52-/m1/s1. The van der Waals surface area contributed by atoms with Gasteiger partial charge in [-0.2, -0.15) is 8.42 Å². The van der Waals surface area contributed by atoms with E-state index in [1.54, 1.807) is 30.3 Å². The van der Waals surface area contributed by atoms with Gasteiger partial charge < -0.3 is 102 Å². The first-order valence-electron chi connectivity index (χ1n) is 28.1. The van der Waals surface area contributed by atoms with Crippen molar-refractivity contribution < 1.29 is 111 Å². The minimum Gasteiger partial charge on any atom is -0.504 e. The molecule has 3 fully saturated rings. The maximum atomic E-state index is 14.7. The van der Waals surface area contributed by atoms with Gasteiger partial charge in [0, 0.05) is 54.6 Å². The Morgan fingerprint density at radius 1 is 0.787 bits per heavy atom. The van der Waals surface area contributed by atoms with Crippen molar-refractivity contribution in [3.63, 3.8) is 0 Å². The number of aliphatic hydroxyl groups excluding tert-OH is 8. The highest BCUT2D eigenvalue weighted by molar-refractivity contribution is 7.81. The van der Waals surface area contributed by atoms with E-state index in [1.807, 2.05) is 10.6 Å². The number of primary amides is 1. The van der Waals surface area contributed by atoms with Crippen LogP contribution in [0.5, 0.6) is 17.2 Å². The second-order valence-electron chi connectivity index (χ2n) is 21.9. The van der Waals surface area contributed by atoms with E-state index >= 15 is 0 Å². The molecule has 33 heteroatoms. The maximum absolute atomic E-state index is 14.7. The molecule has 4 aromatic rings. The Hall–Kier alpha value is -8.38. The molecule has 4 heterocycles. The lowest BCUT2D eigenvalue weighted by atomic mass is 9.96. The summed E-state index contributed by atoms with van der Waals surface area (Å²) in [6.07, 6.45) is -17.3. The number of hydrogen-bond donors (Lipinski definition) is 16. The van der Waals surface area contributed by atoms with Crippen molar-refractivity contribution in [2.24, 2.45) is 11.7 Å². The van der Waals surface area contributed by atoms with Crippen LogP contribution in [0, 0.1) is 5.92 Å². The number of fused-ring (bicyclic) bond motifs is 2. The number of aromatic nitrogens is 1. The molecule has 484 valence electrons. The van der Waals surface area contributed by atoms with Gasteiger partial charge in [0.1, 0.15) is 66.0 Å². The number of carbonyl (C=O) groups is 8. The number of rotatable bonds is 18. The lowest BCUT2D eigenvalue weighted by Gasteiger charge is -2.34. The van der Waals surface area contributed by atoms with Crippen LogP contribution in [0.1, 0.15) is 81.3 Å². The average molecular weight is 1270 g/mol. The number of nitrogens with zero attached hydrogens (tertiary/aromatic N) is 3. The van der Waals surface area contributed by atoms with Gasteiger partial charge >= 0.3 is 10.4 Å². The summed E-state index contributed by atoms with van der Waals surface area (Å²) in [4.78, 5) is 115. The Morgan fingerprint density at radius 2 is 1.43 bits per heavy atom. The molecule has 3 aliphatic heterocycles. The first kappa shape index (κ1) is 68.1. The van der Waals surface area contributed by atoms with Gasteiger partial charge in [-0.1, -0.05) is 50.0 Å². The monoisotopic (exact) mass is 1270 g/mol. The van der Waals surface area contributed by atoms with Crippen LogP contribution in [0.4, 0.5) is 0 Å². The Bertz CT molecular complexity index is 3340. The normalized spacial score (nSPS) is 26.4. The third kappa shape index (κ3) is 16.9. The van der Waals surface area contributed by atoms with Crippen LogP contribution in [0.2, 0.25) is 0 Å². The van der Waals surface area contributed by atoms with Gasteiger partial charge in [0.05, 0.1) is 37.4 Å². The van der Waals surface area contributed by atoms with Crippen LogP contribution >= 0.6 is 0 Å². The average Bonchev–Trinajstić information content (AvgIpc) is 2.76. The minimum atomic E-state index is -5.35. The van der Waals surface area contributed by atoms with E-state index in [0.29, 0.717) is 56.9 Å². The molecular weight excluding hydrogens is 1200 g/mol. The van der Waals surface area contributed by atoms with Crippen LogP contribution in [-0.2, 0) is 44.0 Å². The van der Waals surface area contributed by atoms with Crippen LogP contribution in [-0.4, -0.2) is 220 Å². The smallest absolute Gasteiger partial charge is 0.446 e. The molecule has 2 unspecified atom stereocenters. The number of ether oxygens (including phenoxy) is 1. The Morgan fingerprint density at radius 3 is 2.07 bits per heavy atom. The Kier molecular flexibility index (Phi) is 22.4. The highest BCUT2D eigenvalue weighted by Crippen LogP contribution is 2.34. The summed E-state index contributed by atoms with van der Waals surface area (Å²) in [5, 5.41) is 116. The molecule has 0 radical (unpaired) electrons. The molecule has 3 saturated heterocycles. The zero-order chi connectivity index (χ0) is 65.3. The predicted molar refractivity (Wildman–Crippen MR) is 304 cm³/mol. The van der Waals surface area contributed by atoms with E-state index in [-0.39, 0.29) is 5.56 Å². The number of unbranched alkanes of at least 4 members (excludes halogenated alkanes) is 2. The Labute approximate surface area is 507 Å². The Balaban J connectivity index is 1.22. The summed E-state index contributed by atoms with van der Waals surface area (Å²) >= 11 is 0. The number of carbonyl (C=O) groups excluding carboxylic acids is 8. The number of amides is 8. The van der Waals surface area contributed by atoms with Crippen molar-refractivity contribution in [3.05, 3.63) is 83.9 Å². The van der Waals surface area contributed by atoms with E-state index in [1.165, 1.54) is 31.2 Å². The summed E-state index contributed by atoms with van der Waals surface area (Å²) < 4.78 is 48.1. The number of hydrogen-bond acceptors (Lipinski definition) is 23. The molecule has 0 spiro atoms. The molecule has 32 nitrogen and oxygen atoms in total. The second kappa shape index (κ2) is 29.3. The largest absolute Gasteiger partial charge is 0.504 e. The van der Waals surface area contributed by atoms with E-state index in [2.05, 4.69) is 32.2 Å². The highest BCUT2D eigenvalue weighted by Gasteiger charge is 2.51. The second-order valence-corrected chi connectivity index (χ2v) is 22.9. The molecule has 3 aromatic carbocycles. The highest BCUT2D eigenvalue weighted by atomic mass is 32.3. The molecule has 3 aliphatic rings. The van der Waals surface area contributed by atoms with E-state index in [4.69, 9.17) is 15.0 Å². The summed E-state index contributed by atoms with van der Waals surface area (Å²) in [6, 6.07) is 3.52. The van der Waals surface area contributed by atoms with Gasteiger partial charge in [0.15, 0.2) is 23.5 Å². The van der Waals surface area contributed by atoms with Gasteiger partial charge in [-0.3, -0.25) is 42.9 Å². The molecule has 0 saturated carbocycles. The fourth-order valence-corrected chi connectivity index (χ4v) is 10.7. The number of aliphatic hydroxyl groups is 8. The summed E-state index contributed by atoms with van der Waals surface area (Å²) in [5.41, 5.74) is 6.17. The third-order valence-electron chi connectivity index (χ3n) is 15.2. The fraction of sp³-hybridized carbons (Fsp3) is 0.482. The van der Waals surface area contributed by atoms with Gasteiger partial charge in [-0.05, 0) is 67.4 Å². The number of phenols is 1. The summed E-state index contributed by atoms with van der Waals surface area (Å²) in [5.74, 6) is -12.9. The van der Waals surface area contributed by atoms with Crippen molar-refractivity contribution in [2.75, 3.05) is 19.7 Å². The first-order valence-corrected chi connectivity index (χ1v) is 29.5. The molecule has 1 aromatic heterocycles. The van der Waals surface area contributed by atoms with Gasteiger partial charge in [0.2, 0.25) is 41.4 Å². The fourth-order valence-electron chi connectivity index (χ4n) is 10.3. The molecule has 0 aliphatic carbocycles. The lowest BCUT2D eigenvalue weighted by molar-refractivity contribution is -0.149. The zero-order valence-corrected chi connectivity index (χ0v) is 48.9. The van der Waals surface area contributed by atoms with Crippen LogP contribution in [0.3, 0.4) is 0 Å². The van der Waals surface area contributed by atoms with Crippen LogP contribution < -0.4 is 41.2 Å². The molecule has 15 atom stereocenters. The number of nitrogens with two attached hydrogens (primary N) is 1. The van der Waals surface area contributed by atoms with Crippen molar-refractivity contribution in [3.8, 4) is 39.8 Å². The molecular formula is C56H71N9O23S. The lowest BCUT2D eigenvalue weighted by Crippen LogP contribution is -2.64. The van der Waals surface area contributed by atoms with Gasteiger partial charge in [0.25, 0.3) is 5.91 Å². The number of phenolic OH excluding ortho intramolecular Hbond substituents is 1. The number of aromatic hydroxyl groups is 1. The van der Waals surface area contributed by atoms with E-state index in [9.17, 15) is 97.3 Å². The number of nitrogens with one attached hydrogen (secondary N) is 5. The van der Waals surface area contributed by atoms with Crippen molar-refractivity contribution >= 4 is 57.7 Å². The molecule has 0 bridgehead atoms. The van der Waals surface area contributed by atoms with Gasteiger partial charge in [-0.25, -0.2) is 0 Å². The molecule has 7 rings (SSSR count).